The lowest BCUT2D eigenvalue weighted by molar-refractivity contribution is -0.117. The molecular formula is C22H23F2N3O3S. The fraction of sp³-hybridized carbons (Fsp3) is 0.273. The Kier molecular flexibility index (Phi) is 7.54. The van der Waals surface area contributed by atoms with Gasteiger partial charge >= 0.3 is 6.61 Å². The molecule has 0 atom stereocenters. The molecule has 6 nitrogen and oxygen atoms in total. The largest absolute Gasteiger partial charge is 0.493 e. The summed E-state index contributed by atoms with van der Waals surface area (Å²) >= 11 is 1.57. The summed E-state index contributed by atoms with van der Waals surface area (Å²) in [6, 6.07) is 12.3. The lowest BCUT2D eigenvalue weighted by Gasteiger charge is -2.18. The van der Waals surface area contributed by atoms with E-state index in [-0.39, 0.29) is 24.0 Å². The molecule has 0 fully saturated rings. The molecule has 1 heterocycles. The summed E-state index contributed by atoms with van der Waals surface area (Å²) in [5.74, 6) is -0.00625. The Morgan fingerprint density at radius 2 is 2.03 bits per heavy atom. The second-order valence-corrected chi connectivity index (χ2v) is 7.98. The van der Waals surface area contributed by atoms with Crippen molar-refractivity contribution in [3.8, 4) is 22.8 Å². The van der Waals surface area contributed by atoms with Crippen LogP contribution in [0.1, 0.15) is 10.6 Å². The maximum absolute atomic E-state index is 12.6. The summed E-state index contributed by atoms with van der Waals surface area (Å²) in [5, 5.41) is 5.84. The lowest BCUT2D eigenvalue weighted by Crippen LogP contribution is -2.29. The van der Waals surface area contributed by atoms with Gasteiger partial charge < -0.3 is 14.8 Å². The Hall–Kier alpha value is -3.04. The monoisotopic (exact) mass is 447 g/mol. The van der Waals surface area contributed by atoms with Crippen LogP contribution in [-0.2, 0) is 11.3 Å². The Labute approximate surface area is 183 Å². The molecule has 0 bridgehead atoms. The number of benzene rings is 2. The standard InChI is InChI=1S/C22H23F2N3O3S/c1-14-25-18(13-31-14)16-5-4-6-17(10-16)26-21(28)12-27(2)11-15-7-8-19(29-3)20(9-15)30-22(23)24/h4-10,13,22H,11-12H2,1-3H3,(H,26,28). The first-order valence-corrected chi connectivity index (χ1v) is 10.3. The number of aryl methyl sites for hydroxylation is 1. The molecule has 0 radical (unpaired) electrons. The van der Waals surface area contributed by atoms with Crippen LogP contribution < -0.4 is 14.8 Å². The minimum absolute atomic E-state index is 0.0399. The third kappa shape index (κ3) is 6.47. The zero-order valence-corrected chi connectivity index (χ0v) is 18.2. The highest BCUT2D eigenvalue weighted by molar-refractivity contribution is 7.09. The highest BCUT2D eigenvalue weighted by Crippen LogP contribution is 2.30. The number of alkyl halides is 2. The van der Waals surface area contributed by atoms with Crippen LogP contribution in [0.3, 0.4) is 0 Å². The average Bonchev–Trinajstić information content (AvgIpc) is 3.14. The van der Waals surface area contributed by atoms with Gasteiger partial charge in [-0.2, -0.15) is 8.78 Å². The van der Waals surface area contributed by atoms with Crippen LogP contribution in [-0.4, -0.2) is 43.1 Å². The number of likely N-dealkylation sites (N-methyl/N-ethyl adjacent to an activating group) is 1. The highest BCUT2D eigenvalue weighted by Gasteiger charge is 2.14. The van der Waals surface area contributed by atoms with E-state index in [0.717, 1.165) is 16.3 Å². The molecule has 2 aromatic carbocycles. The molecule has 31 heavy (non-hydrogen) atoms. The van der Waals surface area contributed by atoms with E-state index in [0.29, 0.717) is 17.8 Å². The number of aromatic nitrogens is 1. The number of carbonyl (C=O) groups excluding carboxylic acids is 1. The lowest BCUT2D eigenvalue weighted by atomic mass is 10.1. The molecule has 0 aliphatic heterocycles. The Morgan fingerprint density at radius 1 is 1.23 bits per heavy atom. The van der Waals surface area contributed by atoms with Crippen molar-refractivity contribution in [1.29, 1.82) is 0 Å². The molecule has 9 heteroatoms. The molecule has 0 spiro atoms. The van der Waals surface area contributed by atoms with Crippen molar-refractivity contribution in [3.63, 3.8) is 0 Å². The molecule has 3 rings (SSSR count). The van der Waals surface area contributed by atoms with Crippen molar-refractivity contribution < 1.29 is 23.0 Å². The number of hydrogen-bond acceptors (Lipinski definition) is 6. The van der Waals surface area contributed by atoms with Crippen LogP contribution >= 0.6 is 11.3 Å². The molecule has 0 unspecified atom stereocenters. The predicted octanol–water partition coefficient (Wildman–Crippen LogP) is 4.80. The molecule has 0 saturated heterocycles. The predicted molar refractivity (Wildman–Crippen MR) is 117 cm³/mol. The van der Waals surface area contributed by atoms with Crippen molar-refractivity contribution in [2.45, 2.75) is 20.1 Å². The van der Waals surface area contributed by atoms with Gasteiger partial charge in [-0.3, -0.25) is 9.69 Å². The van der Waals surface area contributed by atoms with Gasteiger partial charge in [0.25, 0.3) is 0 Å². The van der Waals surface area contributed by atoms with E-state index in [9.17, 15) is 13.6 Å². The van der Waals surface area contributed by atoms with Crippen LogP contribution in [0.4, 0.5) is 14.5 Å². The quantitative estimate of drug-likeness (QED) is 0.511. The Balaban J connectivity index is 1.60. The Morgan fingerprint density at radius 3 is 2.71 bits per heavy atom. The van der Waals surface area contributed by atoms with Gasteiger partial charge in [-0.1, -0.05) is 18.2 Å². The third-order valence-corrected chi connectivity index (χ3v) is 5.14. The van der Waals surface area contributed by atoms with Gasteiger partial charge in [-0.05, 0) is 43.8 Å². The van der Waals surface area contributed by atoms with Crippen LogP contribution in [0.2, 0.25) is 0 Å². The van der Waals surface area contributed by atoms with Crippen LogP contribution in [0, 0.1) is 6.92 Å². The maximum atomic E-state index is 12.6. The number of hydrogen-bond donors (Lipinski definition) is 1. The summed E-state index contributed by atoms with van der Waals surface area (Å²) in [7, 11) is 3.15. The van der Waals surface area contributed by atoms with Gasteiger partial charge in [0.15, 0.2) is 11.5 Å². The number of methoxy groups -OCH3 is 1. The van der Waals surface area contributed by atoms with Crippen molar-refractivity contribution in [3.05, 3.63) is 58.4 Å². The summed E-state index contributed by atoms with van der Waals surface area (Å²) in [4.78, 5) is 18.7. The average molecular weight is 448 g/mol. The molecule has 164 valence electrons. The SMILES string of the molecule is COc1ccc(CN(C)CC(=O)Nc2cccc(-c3csc(C)n3)c2)cc1OC(F)F. The van der Waals surface area contributed by atoms with Crippen molar-refractivity contribution in [2.24, 2.45) is 0 Å². The van der Waals surface area contributed by atoms with Crippen molar-refractivity contribution in [1.82, 2.24) is 9.88 Å². The minimum Gasteiger partial charge on any atom is -0.493 e. The van der Waals surface area contributed by atoms with Gasteiger partial charge in [0.2, 0.25) is 5.91 Å². The molecule has 0 aliphatic rings. The molecular weight excluding hydrogens is 424 g/mol. The molecule has 1 aromatic heterocycles. The number of halogens is 2. The van der Waals surface area contributed by atoms with Crippen LogP contribution in [0.5, 0.6) is 11.5 Å². The topological polar surface area (TPSA) is 63.7 Å². The van der Waals surface area contributed by atoms with Gasteiger partial charge in [0.1, 0.15) is 0 Å². The molecule has 1 N–H and O–H groups in total. The van der Waals surface area contributed by atoms with E-state index in [1.165, 1.54) is 13.2 Å². The van der Waals surface area contributed by atoms with E-state index < -0.39 is 6.61 Å². The number of thiazole rings is 1. The first kappa shape index (κ1) is 22.6. The molecule has 0 aliphatic carbocycles. The van der Waals surface area contributed by atoms with Gasteiger partial charge in [0.05, 0.1) is 24.4 Å². The van der Waals surface area contributed by atoms with Crippen molar-refractivity contribution in [2.75, 3.05) is 26.0 Å². The van der Waals surface area contributed by atoms with E-state index in [1.54, 1.807) is 35.4 Å². The first-order valence-electron chi connectivity index (χ1n) is 9.46. The highest BCUT2D eigenvalue weighted by atomic mass is 32.1. The van der Waals surface area contributed by atoms with E-state index >= 15 is 0 Å². The van der Waals surface area contributed by atoms with Gasteiger partial charge in [-0.15, -0.1) is 11.3 Å². The number of carbonyl (C=O) groups is 1. The van der Waals surface area contributed by atoms with E-state index in [2.05, 4.69) is 15.0 Å². The van der Waals surface area contributed by atoms with Crippen LogP contribution in [0.25, 0.3) is 11.3 Å². The van der Waals surface area contributed by atoms with Gasteiger partial charge in [0, 0.05) is 23.2 Å². The van der Waals surface area contributed by atoms with Gasteiger partial charge in [-0.25, -0.2) is 4.98 Å². The summed E-state index contributed by atoms with van der Waals surface area (Å²) in [5.41, 5.74) is 3.20. The zero-order chi connectivity index (χ0) is 22.4. The number of nitrogens with one attached hydrogen (secondary N) is 1. The third-order valence-electron chi connectivity index (χ3n) is 4.37. The van der Waals surface area contributed by atoms with E-state index in [1.807, 2.05) is 36.6 Å². The zero-order valence-electron chi connectivity index (χ0n) is 17.4. The fourth-order valence-electron chi connectivity index (χ4n) is 3.07. The molecule has 1 amide bonds. The Bertz CT molecular complexity index is 1040. The maximum Gasteiger partial charge on any atom is 0.387 e. The van der Waals surface area contributed by atoms with Crippen LogP contribution in [0.15, 0.2) is 47.8 Å². The molecule has 3 aromatic rings. The second-order valence-electron chi connectivity index (χ2n) is 6.92. The van der Waals surface area contributed by atoms with E-state index in [4.69, 9.17) is 4.74 Å². The number of amides is 1. The number of nitrogens with zero attached hydrogens (tertiary/aromatic N) is 2. The second kappa shape index (κ2) is 10.3. The molecule has 0 saturated carbocycles. The smallest absolute Gasteiger partial charge is 0.387 e. The summed E-state index contributed by atoms with van der Waals surface area (Å²) < 4.78 is 34.8. The normalized spacial score (nSPS) is 11.1. The summed E-state index contributed by atoms with van der Waals surface area (Å²) in [6.45, 7) is -0.510. The minimum atomic E-state index is -2.95. The fourth-order valence-corrected chi connectivity index (χ4v) is 3.70. The first-order chi connectivity index (χ1) is 14.8. The number of ether oxygens (including phenoxy) is 2. The number of rotatable bonds is 9. The number of anilines is 1. The summed E-state index contributed by atoms with van der Waals surface area (Å²) in [6.07, 6.45) is 0. The van der Waals surface area contributed by atoms with Crippen molar-refractivity contribution >= 4 is 22.9 Å².